The fourth-order valence-electron chi connectivity index (χ4n) is 2.06. The van der Waals surface area contributed by atoms with E-state index in [1.54, 1.807) is 12.3 Å². The van der Waals surface area contributed by atoms with Crippen molar-refractivity contribution in [1.82, 2.24) is 4.98 Å². The van der Waals surface area contributed by atoms with Crippen molar-refractivity contribution in [2.24, 2.45) is 0 Å². The van der Waals surface area contributed by atoms with Crippen LogP contribution in [0.3, 0.4) is 0 Å². The zero-order valence-corrected chi connectivity index (χ0v) is 12.5. The van der Waals surface area contributed by atoms with E-state index in [1.165, 1.54) is 11.6 Å². The highest BCUT2D eigenvalue weighted by Crippen LogP contribution is 2.15. The largest absolute Gasteiger partial charge is 0.453 e. The van der Waals surface area contributed by atoms with E-state index in [-0.39, 0.29) is 12.1 Å². The molecule has 1 heterocycles. The van der Waals surface area contributed by atoms with Crippen LogP contribution >= 0.6 is 0 Å². The fourth-order valence-corrected chi connectivity index (χ4v) is 2.06. The molecule has 0 saturated heterocycles. The Morgan fingerprint density at radius 2 is 2.05 bits per heavy atom. The summed E-state index contributed by atoms with van der Waals surface area (Å²) in [6, 6.07) is 11.6. The van der Waals surface area contributed by atoms with Crippen molar-refractivity contribution in [3.8, 4) is 0 Å². The molecule has 21 heavy (non-hydrogen) atoms. The zero-order chi connectivity index (χ0) is 15.2. The van der Waals surface area contributed by atoms with Crippen LogP contribution in [-0.4, -0.2) is 11.0 Å². The van der Waals surface area contributed by atoms with Crippen LogP contribution in [0.1, 0.15) is 35.4 Å². The highest BCUT2D eigenvalue weighted by Gasteiger charge is 2.10. The molecule has 1 atom stereocenters. The van der Waals surface area contributed by atoms with Gasteiger partial charge in [-0.05, 0) is 50.1 Å². The lowest BCUT2D eigenvalue weighted by molar-refractivity contribution is -0.142. The fraction of sp³-hybridized carbons (Fsp3) is 0.222. The molecule has 0 amide bonds. The lowest BCUT2D eigenvalue weighted by atomic mass is 10.1. The van der Waals surface area contributed by atoms with Crippen molar-refractivity contribution in [2.45, 2.75) is 26.9 Å². The van der Waals surface area contributed by atoms with E-state index in [9.17, 15) is 4.79 Å². The Morgan fingerprint density at radius 1 is 1.24 bits per heavy atom. The van der Waals surface area contributed by atoms with Crippen molar-refractivity contribution in [1.29, 1.82) is 0 Å². The number of esters is 1. The molecule has 0 N–H and O–H groups in total. The third-order valence-electron chi connectivity index (χ3n) is 3.22. The number of rotatable bonds is 4. The molecule has 0 bridgehead atoms. The van der Waals surface area contributed by atoms with Crippen LogP contribution < -0.4 is 0 Å². The van der Waals surface area contributed by atoms with Crippen molar-refractivity contribution >= 4 is 12.0 Å². The second-order valence-corrected chi connectivity index (χ2v) is 5.03. The number of hydrogen-bond donors (Lipinski definition) is 0. The first kappa shape index (κ1) is 15.0. The molecule has 0 radical (unpaired) electrons. The van der Waals surface area contributed by atoms with Gasteiger partial charge in [0.15, 0.2) is 0 Å². The van der Waals surface area contributed by atoms with Gasteiger partial charge in [-0.1, -0.05) is 29.8 Å². The van der Waals surface area contributed by atoms with Crippen molar-refractivity contribution in [3.05, 3.63) is 71.1 Å². The number of hydrogen-bond acceptors (Lipinski definition) is 3. The second kappa shape index (κ2) is 6.84. The molecule has 0 aliphatic carbocycles. The molecule has 1 unspecified atom stereocenters. The second-order valence-electron chi connectivity index (χ2n) is 5.03. The normalized spacial score (nSPS) is 12.3. The average molecular weight is 281 g/mol. The Labute approximate surface area is 125 Å². The van der Waals surface area contributed by atoms with Crippen LogP contribution in [0.2, 0.25) is 0 Å². The molecular weight excluding hydrogens is 262 g/mol. The summed E-state index contributed by atoms with van der Waals surface area (Å²) in [5.74, 6) is -0.367. The summed E-state index contributed by atoms with van der Waals surface area (Å²) in [5, 5.41) is 0. The number of carbonyl (C=O) groups excluding carboxylic acids is 1. The molecule has 2 rings (SSSR count). The Balaban J connectivity index is 2.00. The summed E-state index contributed by atoms with van der Waals surface area (Å²) >= 11 is 0. The number of carbonyl (C=O) groups is 1. The molecule has 0 saturated carbocycles. The number of benzene rings is 1. The average Bonchev–Trinajstić information content (AvgIpc) is 2.47. The lowest BCUT2D eigenvalue weighted by Gasteiger charge is -2.10. The number of aryl methyl sites for hydroxylation is 2. The summed E-state index contributed by atoms with van der Waals surface area (Å²) in [6.07, 6.45) is 4.56. The molecule has 1 aromatic carbocycles. The lowest BCUT2D eigenvalue weighted by Crippen LogP contribution is -2.07. The van der Waals surface area contributed by atoms with E-state index in [2.05, 4.69) is 11.1 Å². The standard InChI is InChI=1S/C18H19NO2/c1-13-7-8-16(14(2)12-13)9-10-18(20)21-15(3)17-6-4-5-11-19-17/h4-12,15H,1-3H3/b10-9+. The van der Waals surface area contributed by atoms with E-state index in [0.717, 1.165) is 16.8 Å². The first-order chi connectivity index (χ1) is 10.1. The number of ether oxygens (including phenoxy) is 1. The summed E-state index contributed by atoms with van der Waals surface area (Å²) in [4.78, 5) is 16.0. The van der Waals surface area contributed by atoms with Gasteiger partial charge in [-0.15, -0.1) is 0 Å². The van der Waals surface area contributed by atoms with Gasteiger partial charge in [-0.3, -0.25) is 4.98 Å². The monoisotopic (exact) mass is 281 g/mol. The van der Waals surface area contributed by atoms with Crippen LogP contribution in [0.15, 0.2) is 48.7 Å². The van der Waals surface area contributed by atoms with Crippen LogP contribution in [-0.2, 0) is 9.53 Å². The number of aromatic nitrogens is 1. The zero-order valence-electron chi connectivity index (χ0n) is 12.5. The Kier molecular flexibility index (Phi) is 4.88. The minimum absolute atomic E-state index is 0.359. The summed E-state index contributed by atoms with van der Waals surface area (Å²) in [5.41, 5.74) is 4.10. The molecule has 0 aliphatic rings. The van der Waals surface area contributed by atoms with E-state index in [1.807, 2.05) is 51.1 Å². The van der Waals surface area contributed by atoms with Gasteiger partial charge in [0.25, 0.3) is 0 Å². The van der Waals surface area contributed by atoms with Crippen LogP contribution in [0.5, 0.6) is 0 Å². The van der Waals surface area contributed by atoms with E-state index >= 15 is 0 Å². The quantitative estimate of drug-likeness (QED) is 0.627. The predicted molar refractivity (Wildman–Crippen MR) is 83.7 cm³/mol. The summed E-state index contributed by atoms with van der Waals surface area (Å²) in [6.45, 7) is 5.88. The van der Waals surface area contributed by atoms with Gasteiger partial charge in [-0.2, -0.15) is 0 Å². The van der Waals surface area contributed by atoms with Gasteiger partial charge in [0, 0.05) is 12.3 Å². The Hall–Kier alpha value is -2.42. The maximum Gasteiger partial charge on any atom is 0.331 e. The van der Waals surface area contributed by atoms with Crippen LogP contribution in [0.25, 0.3) is 6.08 Å². The molecule has 0 aliphatic heterocycles. The van der Waals surface area contributed by atoms with Gasteiger partial charge in [-0.25, -0.2) is 4.79 Å². The number of nitrogens with zero attached hydrogens (tertiary/aromatic N) is 1. The van der Waals surface area contributed by atoms with Gasteiger partial charge in [0.05, 0.1) is 5.69 Å². The third kappa shape index (κ3) is 4.28. The molecule has 3 heteroatoms. The molecule has 0 fully saturated rings. The molecule has 108 valence electrons. The van der Waals surface area contributed by atoms with E-state index in [4.69, 9.17) is 4.74 Å². The van der Waals surface area contributed by atoms with Gasteiger partial charge in [0.1, 0.15) is 6.10 Å². The highest BCUT2D eigenvalue weighted by molar-refractivity contribution is 5.87. The highest BCUT2D eigenvalue weighted by atomic mass is 16.5. The smallest absolute Gasteiger partial charge is 0.331 e. The topological polar surface area (TPSA) is 39.2 Å². The Morgan fingerprint density at radius 3 is 2.71 bits per heavy atom. The van der Waals surface area contributed by atoms with E-state index in [0.29, 0.717) is 0 Å². The minimum atomic E-state index is -0.367. The van der Waals surface area contributed by atoms with Crippen LogP contribution in [0.4, 0.5) is 0 Å². The molecule has 3 nitrogen and oxygen atoms in total. The van der Waals surface area contributed by atoms with Crippen molar-refractivity contribution in [3.63, 3.8) is 0 Å². The third-order valence-corrected chi connectivity index (χ3v) is 3.22. The predicted octanol–water partition coefficient (Wildman–Crippen LogP) is 4.02. The molecular formula is C18H19NO2. The first-order valence-electron chi connectivity index (χ1n) is 6.93. The Bertz CT molecular complexity index is 648. The van der Waals surface area contributed by atoms with Gasteiger partial charge in [0.2, 0.25) is 0 Å². The maximum absolute atomic E-state index is 11.8. The first-order valence-corrected chi connectivity index (χ1v) is 6.93. The SMILES string of the molecule is Cc1ccc(/C=C/C(=O)OC(C)c2ccccn2)c(C)c1. The summed E-state index contributed by atoms with van der Waals surface area (Å²) < 4.78 is 5.33. The minimum Gasteiger partial charge on any atom is -0.453 e. The molecule has 2 aromatic rings. The van der Waals surface area contributed by atoms with Crippen molar-refractivity contribution < 1.29 is 9.53 Å². The van der Waals surface area contributed by atoms with Gasteiger partial charge < -0.3 is 4.74 Å². The van der Waals surface area contributed by atoms with Gasteiger partial charge >= 0.3 is 5.97 Å². The van der Waals surface area contributed by atoms with E-state index < -0.39 is 0 Å². The van der Waals surface area contributed by atoms with Crippen molar-refractivity contribution in [2.75, 3.05) is 0 Å². The summed E-state index contributed by atoms with van der Waals surface area (Å²) in [7, 11) is 0. The maximum atomic E-state index is 11.8. The molecule has 0 spiro atoms. The van der Waals surface area contributed by atoms with Crippen LogP contribution in [0, 0.1) is 13.8 Å². The number of pyridine rings is 1. The molecule has 1 aromatic heterocycles.